The van der Waals surface area contributed by atoms with Crippen LogP contribution in [0.4, 0.5) is 26.3 Å². The number of hydrogen-bond donors (Lipinski definition) is 1. The average molecular weight is 556 g/mol. The van der Waals surface area contributed by atoms with Crippen molar-refractivity contribution >= 4 is 40.9 Å². The predicted octanol–water partition coefficient (Wildman–Crippen LogP) is 7.58. The molecule has 1 N–H and O–H groups in total. The number of nitrogens with one attached hydrogen (secondary N) is 1. The van der Waals surface area contributed by atoms with E-state index >= 15 is 0 Å². The number of carbonyl (C=O) groups excluding carboxylic acids is 1. The molecule has 1 unspecified atom stereocenters. The van der Waals surface area contributed by atoms with Gasteiger partial charge in [0, 0.05) is 21.2 Å². The molecule has 0 spiro atoms. The van der Waals surface area contributed by atoms with E-state index in [-0.39, 0.29) is 43.0 Å². The van der Waals surface area contributed by atoms with E-state index in [4.69, 9.17) is 23.2 Å². The molecule has 0 fully saturated rings. The number of hydrogen-bond acceptors (Lipinski definition) is 3. The highest BCUT2D eigenvalue weighted by atomic mass is 35.5. The summed E-state index contributed by atoms with van der Waals surface area (Å²) in [5.41, 5.74) is -0.915. The van der Waals surface area contributed by atoms with Crippen molar-refractivity contribution in [1.29, 1.82) is 0 Å². The molecular weight excluding hydrogens is 539 g/mol. The van der Waals surface area contributed by atoms with E-state index in [1.165, 1.54) is 43.3 Å². The quantitative estimate of drug-likeness (QED) is 0.261. The second kappa shape index (κ2) is 9.94. The number of benzene rings is 2. The van der Waals surface area contributed by atoms with Crippen LogP contribution in [0.5, 0.6) is 0 Å². The number of amides is 1. The van der Waals surface area contributed by atoms with Gasteiger partial charge in [0.05, 0.1) is 5.69 Å². The first kappa shape index (κ1) is 27.2. The molecule has 188 valence electrons. The lowest BCUT2D eigenvalue weighted by atomic mass is 10.1. The zero-order chi connectivity index (χ0) is 26.3. The molecule has 4 nitrogen and oxygen atoms in total. The van der Waals surface area contributed by atoms with Crippen molar-refractivity contribution < 1.29 is 31.1 Å². The summed E-state index contributed by atoms with van der Waals surface area (Å²) in [6, 6.07) is 5.89. The normalized spacial score (nSPS) is 13.1. The third-order valence-electron chi connectivity index (χ3n) is 4.99. The SMILES string of the molecule is CSc1c(-c2cc(Cl)cc(Cl)c2)c(C(F)(F)F)nn1-c1ccc(C(=O)NC(C)C(F)(F)F)c(C)c1. The summed E-state index contributed by atoms with van der Waals surface area (Å²) in [4.78, 5) is 12.3. The molecule has 1 heterocycles. The molecule has 2 aromatic carbocycles. The van der Waals surface area contributed by atoms with E-state index in [2.05, 4.69) is 5.10 Å². The van der Waals surface area contributed by atoms with Gasteiger partial charge in [-0.05, 0) is 67.6 Å². The van der Waals surface area contributed by atoms with E-state index in [0.717, 1.165) is 23.4 Å². The fraction of sp³-hybridized carbons (Fsp3) is 0.273. The summed E-state index contributed by atoms with van der Waals surface area (Å²) in [5, 5.41) is 6.05. The molecule has 0 saturated carbocycles. The highest BCUT2D eigenvalue weighted by Crippen LogP contribution is 2.43. The van der Waals surface area contributed by atoms with Gasteiger partial charge < -0.3 is 5.32 Å². The molecule has 0 aliphatic rings. The van der Waals surface area contributed by atoms with Gasteiger partial charge in [0.15, 0.2) is 5.69 Å². The minimum atomic E-state index is -4.82. The first-order chi connectivity index (χ1) is 16.1. The topological polar surface area (TPSA) is 46.9 Å². The molecule has 1 aromatic heterocycles. The molecule has 0 saturated heterocycles. The number of nitrogens with zero attached hydrogens (tertiary/aromatic N) is 2. The summed E-state index contributed by atoms with van der Waals surface area (Å²) >= 11 is 13.0. The lowest BCUT2D eigenvalue weighted by molar-refractivity contribution is -0.149. The maximum Gasteiger partial charge on any atom is 0.435 e. The van der Waals surface area contributed by atoms with E-state index in [1.807, 2.05) is 5.32 Å². The molecular formula is C22H17Cl2F6N3OS. The fourth-order valence-electron chi connectivity index (χ4n) is 3.31. The minimum absolute atomic E-state index is 0.0550. The van der Waals surface area contributed by atoms with Crippen molar-refractivity contribution in [2.75, 3.05) is 6.26 Å². The molecule has 0 radical (unpaired) electrons. The Morgan fingerprint density at radius 2 is 1.66 bits per heavy atom. The van der Waals surface area contributed by atoms with Crippen LogP contribution in [0, 0.1) is 6.92 Å². The van der Waals surface area contributed by atoms with Crippen LogP contribution in [-0.2, 0) is 6.18 Å². The van der Waals surface area contributed by atoms with Crippen LogP contribution in [0.3, 0.4) is 0 Å². The smallest absolute Gasteiger partial charge is 0.341 e. The largest absolute Gasteiger partial charge is 0.435 e. The van der Waals surface area contributed by atoms with Crippen molar-refractivity contribution in [1.82, 2.24) is 15.1 Å². The van der Waals surface area contributed by atoms with Crippen molar-refractivity contribution in [3.8, 4) is 16.8 Å². The van der Waals surface area contributed by atoms with Gasteiger partial charge in [0.25, 0.3) is 5.91 Å². The lowest BCUT2D eigenvalue weighted by Gasteiger charge is -2.18. The van der Waals surface area contributed by atoms with Crippen LogP contribution in [0.25, 0.3) is 16.8 Å². The fourth-order valence-corrected chi connectivity index (χ4v) is 4.58. The summed E-state index contributed by atoms with van der Waals surface area (Å²) in [6.45, 7) is 2.26. The number of thioether (sulfide) groups is 1. The Morgan fingerprint density at radius 3 is 2.14 bits per heavy atom. The molecule has 35 heavy (non-hydrogen) atoms. The van der Waals surface area contributed by atoms with Gasteiger partial charge in [-0.25, -0.2) is 4.68 Å². The summed E-state index contributed by atoms with van der Waals surface area (Å²) < 4.78 is 81.3. The molecule has 1 atom stereocenters. The maximum atomic E-state index is 14.0. The second-order valence-corrected chi connectivity index (χ2v) is 9.20. The molecule has 3 rings (SSSR count). The van der Waals surface area contributed by atoms with Gasteiger partial charge in [0.2, 0.25) is 0 Å². The number of aryl methyl sites for hydroxylation is 1. The maximum absolute atomic E-state index is 14.0. The van der Waals surface area contributed by atoms with Gasteiger partial charge in [0.1, 0.15) is 11.1 Å². The van der Waals surface area contributed by atoms with Gasteiger partial charge in [-0.15, -0.1) is 11.8 Å². The third-order valence-corrected chi connectivity index (χ3v) is 6.19. The van der Waals surface area contributed by atoms with Crippen LogP contribution < -0.4 is 5.32 Å². The van der Waals surface area contributed by atoms with Crippen molar-refractivity contribution in [2.24, 2.45) is 0 Å². The Bertz CT molecular complexity index is 1250. The zero-order valence-corrected chi connectivity index (χ0v) is 20.6. The Morgan fingerprint density at radius 1 is 1.06 bits per heavy atom. The zero-order valence-electron chi connectivity index (χ0n) is 18.3. The predicted molar refractivity (Wildman–Crippen MR) is 124 cm³/mol. The molecule has 13 heteroatoms. The number of halogens is 8. The third kappa shape index (κ3) is 5.90. The standard InChI is InChI=1S/C22H17Cl2F6N3OS/c1-10-6-15(4-5-16(10)19(34)31-11(2)21(25,26)27)33-20(35-3)17(18(32-33)22(28,29)30)12-7-13(23)9-14(24)8-12/h4-9,11H,1-3H3,(H,31,34). The van der Waals surface area contributed by atoms with E-state index in [1.54, 1.807) is 6.26 Å². The highest BCUT2D eigenvalue weighted by molar-refractivity contribution is 7.98. The van der Waals surface area contributed by atoms with Crippen LogP contribution in [-0.4, -0.2) is 34.2 Å². The number of rotatable bonds is 5. The van der Waals surface area contributed by atoms with E-state index in [0.29, 0.717) is 0 Å². The Kier molecular flexibility index (Phi) is 7.73. The van der Waals surface area contributed by atoms with Gasteiger partial charge in [-0.1, -0.05) is 23.2 Å². The second-order valence-electron chi connectivity index (χ2n) is 7.54. The van der Waals surface area contributed by atoms with E-state index in [9.17, 15) is 31.1 Å². The molecule has 0 aliphatic carbocycles. The van der Waals surface area contributed by atoms with Crippen molar-refractivity contribution in [3.05, 3.63) is 63.3 Å². The Labute approximate surface area is 210 Å². The first-order valence-electron chi connectivity index (χ1n) is 9.82. The van der Waals surface area contributed by atoms with Crippen LogP contribution in [0.15, 0.2) is 41.4 Å². The summed E-state index contributed by atoms with van der Waals surface area (Å²) in [7, 11) is 0. The Hall–Kier alpha value is -2.37. The lowest BCUT2D eigenvalue weighted by Crippen LogP contribution is -2.43. The summed E-state index contributed by atoms with van der Waals surface area (Å²) in [5.74, 6) is -0.963. The summed E-state index contributed by atoms with van der Waals surface area (Å²) in [6.07, 6.45) is -7.88. The van der Waals surface area contributed by atoms with Gasteiger partial charge in [-0.2, -0.15) is 31.4 Å². The monoisotopic (exact) mass is 555 g/mol. The van der Waals surface area contributed by atoms with Crippen molar-refractivity contribution in [2.45, 2.75) is 37.3 Å². The van der Waals surface area contributed by atoms with Gasteiger partial charge in [-0.3, -0.25) is 4.79 Å². The number of aromatic nitrogens is 2. The Balaban J connectivity index is 2.13. The van der Waals surface area contributed by atoms with Crippen LogP contribution >= 0.6 is 35.0 Å². The van der Waals surface area contributed by atoms with Crippen LogP contribution in [0.2, 0.25) is 10.0 Å². The van der Waals surface area contributed by atoms with Crippen LogP contribution in [0.1, 0.15) is 28.5 Å². The van der Waals surface area contributed by atoms with E-state index < -0.39 is 30.0 Å². The molecule has 0 aliphatic heterocycles. The molecule has 3 aromatic rings. The number of carbonyl (C=O) groups is 1. The molecule has 0 bridgehead atoms. The number of alkyl halides is 6. The molecule has 1 amide bonds. The highest BCUT2D eigenvalue weighted by Gasteiger charge is 2.40. The average Bonchev–Trinajstić information content (AvgIpc) is 3.12. The van der Waals surface area contributed by atoms with Crippen molar-refractivity contribution in [3.63, 3.8) is 0 Å². The first-order valence-corrected chi connectivity index (χ1v) is 11.8. The van der Waals surface area contributed by atoms with Gasteiger partial charge >= 0.3 is 12.4 Å². The minimum Gasteiger partial charge on any atom is -0.341 e.